The minimum absolute atomic E-state index is 0.362. The molecule has 0 amide bonds. The van der Waals surface area contributed by atoms with Crippen molar-refractivity contribution < 1.29 is 4.74 Å². The fourth-order valence-electron chi connectivity index (χ4n) is 4.33. The van der Waals surface area contributed by atoms with Gasteiger partial charge in [0.25, 0.3) is 0 Å². The molecule has 1 aromatic heterocycles. The van der Waals surface area contributed by atoms with Gasteiger partial charge in [0.05, 0.1) is 12.8 Å². The number of para-hydroxylation sites is 2. The maximum absolute atomic E-state index is 5.52. The molecular formula is C23H34N8O. The summed E-state index contributed by atoms with van der Waals surface area (Å²) >= 11 is 0. The van der Waals surface area contributed by atoms with Crippen molar-refractivity contribution in [3.05, 3.63) is 42.7 Å². The first-order chi connectivity index (χ1) is 15.8. The van der Waals surface area contributed by atoms with E-state index in [4.69, 9.17) is 4.74 Å². The minimum Gasteiger partial charge on any atom is -0.495 e. The summed E-state index contributed by atoms with van der Waals surface area (Å²) in [5, 5.41) is 7.06. The number of aromatic nitrogens is 2. The van der Waals surface area contributed by atoms with Crippen molar-refractivity contribution in [3.8, 4) is 5.75 Å². The van der Waals surface area contributed by atoms with E-state index in [2.05, 4.69) is 52.4 Å². The number of nitrogens with one attached hydrogen (secondary N) is 2. The van der Waals surface area contributed by atoms with Gasteiger partial charge < -0.3 is 25.2 Å². The summed E-state index contributed by atoms with van der Waals surface area (Å²) < 4.78 is 5.52. The lowest BCUT2D eigenvalue weighted by Gasteiger charge is -2.34. The second-order valence-electron chi connectivity index (χ2n) is 8.12. The molecule has 9 heteroatoms. The smallest absolute Gasteiger partial charge is 0.225 e. The molecule has 2 aromatic rings. The maximum atomic E-state index is 5.52. The molecule has 1 aromatic carbocycles. The van der Waals surface area contributed by atoms with Crippen molar-refractivity contribution in [3.63, 3.8) is 0 Å². The van der Waals surface area contributed by atoms with Gasteiger partial charge in [-0.3, -0.25) is 9.89 Å². The summed E-state index contributed by atoms with van der Waals surface area (Å²) in [5.74, 6) is 2.62. The Hall–Kier alpha value is -3.07. The molecule has 2 aliphatic rings. The number of benzene rings is 1. The Balaban J connectivity index is 1.18. The molecule has 2 saturated heterocycles. The van der Waals surface area contributed by atoms with Gasteiger partial charge in [0.2, 0.25) is 5.95 Å². The Kier molecular flexibility index (Phi) is 7.60. The topological polar surface area (TPSA) is 81.2 Å². The summed E-state index contributed by atoms with van der Waals surface area (Å²) in [4.78, 5) is 20.2. The van der Waals surface area contributed by atoms with Crippen LogP contribution in [0, 0.1) is 0 Å². The molecule has 2 fully saturated rings. The van der Waals surface area contributed by atoms with Crippen molar-refractivity contribution in [2.45, 2.75) is 12.5 Å². The molecule has 1 unspecified atom stereocenters. The van der Waals surface area contributed by atoms with Gasteiger partial charge in [-0.25, -0.2) is 9.97 Å². The van der Waals surface area contributed by atoms with Gasteiger partial charge in [0, 0.05) is 77.8 Å². The number of ether oxygens (including phenoxy) is 1. The summed E-state index contributed by atoms with van der Waals surface area (Å²) in [6.07, 6.45) is 4.68. The predicted molar refractivity (Wildman–Crippen MR) is 129 cm³/mol. The molecule has 3 heterocycles. The van der Waals surface area contributed by atoms with E-state index in [0.717, 1.165) is 82.1 Å². The number of hydrogen-bond acceptors (Lipinski definition) is 7. The first-order valence-corrected chi connectivity index (χ1v) is 11.4. The third-order valence-corrected chi connectivity index (χ3v) is 6.11. The van der Waals surface area contributed by atoms with Crippen LogP contribution in [-0.4, -0.2) is 93.4 Å². The molecule has 0 spiro atoms. The molecule has 32 heavy (non-hydrogen) atoms. The van der Waals surface area contributed by atoms with E-state index in [-0.39, 0.29) is 0 Å². The first kappa shape index (κ1) is 22.1. The van der Waals surface area contributed by atoms with Crippen LogP contribution in [0.4, 0.5) is 11.6 Å². The van der Waals surface area contributed by atoms with Crippen molar-refractivity contribution in [2.24, 2.45) is 4.99 Å². The lowest BCUT2D eigenvalue weighted by Crippen LogP contribution is -2.50. The van der Waals surface area contributed by atoms with E-state index in [1.165, 1.54) is 0 Å². The Labute approximate surface area is 190 Å². The average molecular weight is 439 g/mol. The van der Waals surface area contributed by atoms with E-state index in [1.807, 2.05) is 25.2 Å². The number of hydrogen-bond donors (Lipinski definition) is 2. The van der Waals surface area contributed by atoms with Crippen LogP contribution in [0.1, 0.15) is 6.42 Å². The normalized spacial score (nSPS) is 19.8. The highest BCUT2D eigenvalue weighted by molar-refractivity contribution is 5.80. The second kappa shape index (κ2) is 11.0. The lowest BCUT2D eigenvalue weighted by molar-refractivity contribution is 0.260. The Morgan fingerprint density at radius 2 is 1.84 bits per heavy atom. The quantitative estimate of drug-likeness (QED) is 0.491. The van der Waals surface area contributed by atoms with Gasteiger partial charge in [-0.2, -0.15) is 0 Å². The summed E-state index contributed by atoms with van der Waals surface area (Å²) in [6.45, 7) is 7.74. The maximum Gasteiger partial charge on any atom is 0.225 e. The molecule has 172 valence electrons. The average Bonchev–Trinajstić information content (AvgIpc) is 3.32. The van der Waals surface area contributed by atoms with Crippen molar-refractivity contribution in [1.82, 2.24) is 25.5 Å². The number of anilines is 2. The minimum atomic E-state index is 0.362. The van der Waals surface area contributed by atoms with E-state index < -0.39 is 0 Å². The predicted octanol–water partition coefficient (Wildman–Crippen LogP) is 1.05. The van der Waals surface area contributed by atoms with E-state index in [9.17, 15) is 0 Å². The Morgan fingerprint density at radius 3 is 2.59 bits per heavy atom. The molecule has 0 bridgehead atoms. The van der Waals surface area contributed by atoms with Crippen molar-refractivity contribution in [1.29, 1.82) is 0 Å². The highest BCUT2D eigenvalue weighted by Crippen LogP contribution is 2.30. The van der Waals surface area contributed by atoms with Crippen LogP contribution in [0.25, 0.3) is 0 Å². The standard InChI is InChI=1S/C23H34N8O/c1-24-22(28-19-8-12-31(18-19)20-6-3-4-7-21(20)32-2)25-11-13-29-14-16-30(17-15-29)23-26-9-5-10-27-23/h3-7,9-10,19H,8,11-18H2,1-2H3,(H2,24,25,28). The number of nitrogens with zero attached hydrogens (tertiary/aromatic N) is 6. The van der Waals surface area contributed by atoms with Crippen LogP contribution < -0.4 is 25.2 Å². The SMILES string of the molecule is CN=C(NCCN1CCN(c2ncccn2)CC1)NC1CCN(c2ccccc2OC)C1. The van der Waals surface area contributed by atoms with Crippen molar-refractivity contribution in [2.75, 3.05) is 76.3 Å². The number of guanidine groups is 1. The van der Waals surface area contributed by atoms with E-state index in [0.29, 0.717) is 6.04 Å². The van der Waals surface area contributed by atoms with Gasteiger partial charge >= 0.3 is 0 Å². The van der Waals surface area contributed by atoms with E-state index >= 15 is 0 Å². The second-order valence-corrected chi connectivity index (χ2v) is 8.12. The van der Waals surface area contributed by atoms with Gasteiger partial charge in [0.1, 0.15) is 5.75 Å². The zero-order valence-electron chi connectivity index (χ0n) is 19.1. The van der Waals surface area contributed by atoms with Crippen molar-refractivity contribution >= 4 is 17.6 Å². The first-order valence-electron chi connectivity index (χ1n) is 11.4. The third-order valence-electron chi connectivity index (χ3n) is 6.11. The highest BCUT2D eigenvalue weighted by atomic mass is 16.5. The fourth-order valence-corrected chi connectivity index (χ4v) is 4.33. The molecule has 4 rings (SSSR count). The number of piperazine rings is 1. The van der Waals surface area contributed by atoms with Gasteiger partial charge in [-0.15, -0.1) is 0 Å². The van der Waals surface area contributed by atoms with Crippen LogP contribution in [0.5, 0.6) is 5.75 Å². The molecule has 9 nitrogen and oxygen atoms in total. The molecule has 2 aliphatic heterocycles. The zero-order chi connectivity index (χ0) is 22.2. The monoisotopic (exact) mass is 438 g/mol. The summed E-state index contributed by atoms with van der Waals surface area (Å²) in [5.41, 5.74) is 1.15. The van der Waals surface area contributed by atoms with Crippen LogP contribution in [0.2, 0.25) is 0 Å². The third kappa shape index (κ3) is 5.59. The fraction of sp³-hybridized carbons (Fsp3) is 0.522. The van der Waals surface area contributed by atoms with Crippen LogP contribution in [-0.2, 0) is 0 Å². The number of aliphatic imine (C=N–C) groups is 1. The number of rotatable bonds is 7. The molecule has 1 atom stereocenters. The Bertz CT molecular complexity index is 869. The molecule has 0 aliphatic carbocycles. The number of methoxy groups -OCH3 is 1. The van der Waals surface area contributed by atoms with Crippen LogP contribution >= 0.6 is 0 Å². The van der Waals surface area contributed by atoms with Gasteiger partial charge in [0.15, 0.2) is 5.96 Å². The largest absolute Gasteiger partial charge is 0.495 e. The molecular weight excluding hydrogens is 404 g/mol. The molecule has 0 saturated carbocycles. The zero-order valence-corrected chi connectivity index (χ0v) is 19.1. The molecule has 0 radical (unpaired) electrons. The molecule has 2 N–H and O–H groups in total. The van der Waals surface area contributed by atoms with E-state index in [1.54, 1.807) is 19.5 Å². The summed E-state index contributed by atoms with van der Waals surface area (Å²) in [7, 11) is 3.56. The highest BCUT2D eigenvalue weighted by Gasteiger charge is 2.25. The summed E-state index contributed by atoms with van der Waals surface area (Å²) in [6, 6.07) is 10.4. The lowest BCUT2D eigenvalue weighted by atomic mass is 10.2. The Morgan fingerprint density at radius 1 is 1.06 bits per heavy atom. The van der Waals surface area contributed by atoms with Crippen LogP contribution in [0.3, 0.4) is 0 Å². The van der Waals surface area contributed by atoms with Gasteiger partial charge in [-0.1, -0.05) is 12.1 Å². The van der Waals surface area contributed by atoms with Crippen LogP contribution in [0.15, 0.2) is 47.7 Å². The van der Waals surface area contributed by atoms with Gasteiger partial charge in [-0.05, 0) is 24.6 Å².